The van der Waals surface area contributed by atoms with Gasteiger partial charge in [0.1, 0.15) is 17.2 Å². The van der Waals surface area contributed by atoms with Crippen LogP contribution in [0.25, 0.3) is 0 Å². The fourth-order valence-electron chi connectivity index (χ4n) is 0.989. The summed E-state index contributed by atoms with van der Waals surface area (Å²) in [5, 5.41) is 3.66. The Kier molecular flexibility index (Phi) is 4.62. The van der Waals surface area contributed by atoms with Crippen molar-refractivity contribution in [3.05, 3.63) is 17.5 Å². The van der Waals surface area contributed by atoms with Gasteiger partial charge in [-0.1, -0.05) is 11.6 Å². The number of hydrogen-bond donors (Lipinski definition) is 1. The zero-order valence-corrected chi connectivity index (χ0v) is 9.08. The molecule has 5 heteroatoms. The molecule has 1 aromatic heterocycles. The summed E-state index contributed by atoms with van der Waals surface area (Å²) in [5.74, 6) is 0.647. The van der Waals surface area contributed by atoms with Crippen molar-refractivity contribution in [2.45, 2.75) is 19.9 Å². The number of halogens is 1. The first-order valence-electron chi connectivity index (χ1n) is 4.53. The van der Waals surface area contributed by atoms with E-state index in [4.69, 9.17) is 16.3 Å². The average Bonchev–Trinajstić information content (AvgIpc) is 2.18. The molecule has 0 bridgehead atoms. The first kappa shape index (κ1) is 11.2. The summed E-state index contributed by atoms with van der Waals surface area (Å²) in [6, 6.07) is 0.183. The maximum atomic E-state index is 5.87. The SMILES string of the molecule is CCOCC(C)Nc1ncncc1Cl. The third kappa shape index (κ3) is 3.47. The highest BCUT2D eigenvalue weighted by Gasteiger charge is 2.05. The molecule has 1 N–H and O–H groups in total. The highest BCUT2D eigenvalue weighted by Crippen LogP contribution is 2.16. The molecule has 1 aromatic rings. The molecule has 0 amide bonds. The number of hydrogen-bond acceptors (Lipinski definition) is 4. The van der Waals surface area contributed by atoms with E-state index in [1.807, 2.05) is 13.8 Å². The summed E-state index contributed by atoms with van der Waals surface area (Å²) >= 11 is 5.87. The lowest BCUT2D eigenvalue weighted by atomic mass is 10.3. The van der Waals surface area contributed by atoms with Gasteiger partial charge in [0.25, 0.3) is 0 Å². The standard InChI is InChI=1S/C9H14ClN3O/c1-3-14-5-7(2)13-9-8(10)4-11-6-12-9/h4,6-7H,3,5H2,1-2H3,(H,11,12,13). The average molecular weight is 216 g/mol. The quantitative estimate of drug-likeness (QED) is 0.816. The van der Waals surface area contributed by atoms with Gasteiger partial charge in [0.05, 0.1) is 12.8 Å². The van der Waals surface area contributed by atoms with E-state index in [9.17, 15) is 0 Å². The molecular formula is C9H14ClN3O. The van der Waals surface area contributed by atoms with Gasteiger partial charge >= 0.3 is 0 Å². The zero-order chi connectivity index (χ0) is 10.4. The molecule has 0 fully saturated rings. The Balaban J connectivity index is 2.47. The zero-order valence-electron chi connectivity index (χ0n) is 8.33. The predicted molar refractivity (Wildman–Crippen MR) is 56.6 cm³/mol. The minimum Gasteiger partial charge on any atom is -0.380 e. The van der Waals surface area contributed by atoms with Gasteiger partial charge in [-0.2, -0.15) is 0 Å². The van der Waals surface area contributed by atoms with Gasteiger partial charge in [-0.05, 0) is 13.8 Å². The minimum absolute atomic E-state index is 0.183. The molecule has 1 unspecified atom stereocenters. The van der Waals surface area contributed by atoms with E-state index in [1.165, 1.54) is 6.33 Å². The van der Waals surface area contributed by atoms with Crippen LogP contribution in [0.1, 0.15) is 13.8 Å². The molecule has 1 heterocycles. The number of aromatic nitrogens is 2. The van der Waals surface area contributed by atoms with Crippen LogP contribution in [-0.4, -0.2) is 29.2 Å². The lowest BCUT2D eigenvalue weighted by molar-refractivity contribution is 0.141. The Labute approximate surface area is 88.7 Å². The van der Waals surface area contributed by atoms with E-state index < -0.39 is 0 Å². The fraction of sp³-hybridized carbons (Fsp3) is 0.556. The Morgan fingerprint density at radius 3 is 3.07 bits per heavy atom. The smallest absolute Gasteiger partial charge is 0.148 e. The van der Waals surface area contributed by atoms with Crippen LogP contribution in [-0.2, 0) is 4.74 Å². The Bertz CT molecular complexity index is 283. The van der Waals surface area contributed by atoms with Crippen LogP contribution in [0.15, 0.2) is 12.5 Å². The van der Waals surface area contributed by atoms with Crippen molar-refractivity contribution in [3.8, 4) is 0 Å². The van der Waals surface area contributed by atoms with Crippen LogP contribution in [0.4, 0.5) is 5.82 Å². The van der Waals surface area contributed by atoms with Crippen molar-refractivity contribution in [2.24, 2.45) is 0 Å². The Morgan fingerprint density at radius 1 is 1.64 bits per heavy atom. The molecule has 0 aliphatic rings. The molecule has 0 radical (unpaired) electrons. The van der Waals surface area contributed by atoms with Crippen molar-refractivity contribution >= 4 is 17.4 Å². The predicted octanol–water partition coefficient (Wildman–Crippen LogP) is 1.97. The monoisotopic (exact) mass is 215 g/mol. The topological polar surface area (TPSA) is 47.0 Å². The molecule has 1 atom stereocenters. The largest absolute Gasteiger partial charge is 0.380 e. The minimum atomic E-state index is 0.183. The number of anilines is 1. The second-order valence-electron chi connectivity index (χ2n) is 2.92. The van der Waals surface area contributed by atoms with Crippen molar-refractivity contribution in [3.63, 3.8) is 0 Å². The van der Waals surface area contributed by atoms with Crippen LogP contribution in [0.2, 0.25) is 5.02 Å². The Hall–Kier alpha value is -0.870. The maximum Gasteiger partial charge on any atom is 0.148 e. The van der Waals surface area contributed by atoms with Gasteiger partial charge in [0, 0.05) is 12.6 Å². The van der Waals surface area contributed by atoms with Gasteiger partial charge < -0.3 is 10.1 Å². The van der Waals surface area contributed by atoms with Crippen molar-refractivity contribution in [1.82, 2.24) is 9.97 Å². The molecule has 0 spiro atoms. The molecule has 0 aliphatic carbocycles. The number of nitrogens with one attached hydrogen (secondary N) is 1. The van der Waals surface area contributed by atoms with Crippen LogP contribution >= 0.6 is 11.6 Å². The van der Waals surface area contributed by atoms with Gasteiger partial charge in [-0.25, -0.2) is 9.97 Å². The second-order valence-corrected chi connectivity index (χ2v) is 3.33. The summed E-state index contributed by atoms with van der Waals surface area (Å²) in [6.07, 6.45) is 3.02. The normalized spacial score (nSPS) is 12.5. The maximum absolute atomic E-state index is 5.87. The highest BCUT2D eigenvalue weighted by molar-refractivity contribution is 6.32. The summed E-state index contributed by atoms with van der Waals surface area (Å²) < 4.78 is 5.26. The van der Waals surface area contributed by atoms with Gasteiger partial charge in [-0.15, -0.1) is 0 Å². The molecule has 0 aliphatic heterocycles. The van der Waals surface area contributed by atoms with E-state index in [0.717, 1.165) is 0 Å². The third-order valence-electron chi connectivity index (χ3n) is 1.62. The van der Waals surface area contributed by atoms with Gasteiger partial charge in [0.15, 0.2) is 0 Å². The van der Waals surface area contributed by atoms with E-state index in [-0.39, 0.29) is 6.04 Å². The fourth-order valence-corrected chi connectivity index (χ4v) is 1.15. The molecule has 1 rings (SSSR count). The summed E-state index contributed by atoms with van der Waals surface area (Å²) in [5.41, 5.74) is 0. The second kappa shape index (κ2) is 5.78. The van der Waals surface area contributed by atoms with E-state index in [0.29, 0.717) is 24.1 Å². The van der Waals surface area contributed by atoms with E-state index >= 15 is 0 Å². The number of ether oxygens (including phenoxy) is 1. The van der Waals surface area contributed by atoms with Crippen LogP contribution in [0.5, 0.6) is 0 Å². The van der Waals surface area contributed by atoms with E-state index in [1.54, 1.807) is 6.20 Å². The Morgan fingerprint density at radius 2 is 2.43 bits per heavy atom. The first-order valence-corrected chi connectivity index (χ1v) is 4.91. The molecule has 14 heavy (non-hydrogen) atoms. The molecule has 0 saturated carbocycles. The lowest BCUT2D eigenvalue weighted by Gasteiger charge is -2.14. The third-order valence-corrected chi connectivity index (χ3v) is 1.90. The highest BCUT2D eigenvalue weighted by atomic mass is 35.5. The molecule has 78 valence electrons. The lowest BCUT2D eigenvalue weighted by Crippen LogP contribution is -2.22. The number of nitrogens with zero attached hydrogens (tertiary/aromatic N) is 2. The molecule has 0 saturated heterocycles. The van der Waals surface area contributed by atoms with Crippen LogP contribution < -0.4 is 5.32 Å². The summed E-state index contributed by atoms with van der Waals surface area (Å²) in [4.78, 5) is 7.82. The number of rotatable bonds is 5. The van der Waals surface area contributed by atoms with Crippen molar-refractivity contribution in [1.29, 1.82) is 0 Å². The van der Waals surface area contributed by atoms with Crippen LogP contribution in [0, 0.1) is 0 Å². The molecular weight excluding hydrogens is 202 g/mol. The first-order chi connectivity index (χ1) is 6.74. The molecule has 0 aromatic carbocycles. The van der Waals surface area contributed by atoms with Crippen LogP contribution in [0.3, 0.4) is 0 Å². The molecule has 4 nitrogen and oxygen atoms in total. The van der Waals surface area contributed by atoms with Gasteiger partial charge in [-0.3, -0.25) is 0 Å². The van der Waals surface area contributed by atoms with Crippen molar-refractivity contribution < 1.29 is 4.74 Å². The van der Waals surface area contributed by atoms with E-state index in [2.05, 4.69) is 15.3 Å². The van der Waals surface area contributed by atoms with Crippen molar-refractivity contribution in [2.75, 3.05) is 18.5 Å². The summed E-state index contributed by atoms with van der Waals surface area (Å²) in [6.45, 7) is 5.32. The van der Waals surface area contributed by atoms with Gasteiger partial charge in [0.2, 0.25) is 0 Å². The summed E-state index contributed by atoms with van der Waals surface area (Å²) in [7, 11) is 0.